The highest BCUT2D eigenvalue weighted by atomic mass is 16.6. The number of nitrogen functional groups attached to an aromatic ring is 1. The molecule has 0 radical (unpaired) electrons. The first kappa shape index (κ1) is 12.8. The summed E-state index contributed by atoms with van der Waals surface area (Å²) in [4.78, 5) is 14.1. The van der Waals surface area contributed by atoms with Crippen LogP contribution in [-0.4, -0.2) is 9.91 Å². The van der Waals surface area contributed by atoms with Gasteiger partial charge in [0.1, 0.15) is 17.3 Å². The molecule has 0 aliphatic carbocycles. The van der Waals surface area contributed by atoms with Crippen LogP contribution < -0.4 is 16.0 Å². The smallest absolute Gasteiger partial charge is 0.269 e. The Morgan fingerprint density at radius 3 is 2.79 bits per heavy atom. The number of nitrogens with one attached hydrogen (secondary N) is 1. The number of benzene rings is 1. The summed E-state index contributed by atoms with van der Waals surface area (Å²) in [6.45, 7) is 1.74. The van der Waals surface area contributed by atoms with E-state index in [0.717, 1.165) is 0 Å². The van der Waals surface area contributed by atoms with Crippen LogP contribution in [0, 0.1) is 17.0 Å². The van der Waals surface area contributed by atoms with Gasteiger partial charge in [0.05, 0.1) is 4.92 Å². The normalized spacial score (nSPS) is 10.0. The van der Waals surface area contributed by atoms with Crippen LogP contribution in [0.3, 0.4) is 0 Å². The Hall–Kier alpha value is -2.67. The number of hydrogen-bond acceptors (Lipinski definition) is 6. The molecule has 2 rings (SSSR count). The van der Waals surface area contributed by atoms with E-state index < -0.39 is 4.92 Å². The van der Waals surface area contributed by atoms with E-state index in [2.05, 4.69) is 10.4 Å². The number of non-ortho nitro benzene ring substituents is 1. The number of nitrogens with two attached hydrogens (primary N) is 1. The maximum absolute atomic E-state index is 10.6. The first-order chi connectivity index (χ1) is 9.10. The van der Waals surface area contributed by atoms with Crippen molar-refractivity contribution in [1.29, 1.82) is 0 Å². The van der Waals surface area contributed by atoms with Crippen molar-refractivity contribution >= 4 is 11.5 Å². The molecule has 1 aromatic carbocycles. The molecule has 0 aliphatic heterocycles. The van der Waals surface area contributed by atoms with Gasteiger partial charge in [-0.3, -0.25) is 10.1 Å². The maximum Gasteiger partial charge on any atom is 0.269 e. The zero-order chi connectivity index (χ0) is 13.8. The minimum Gasteiger partial charge on any atom is -0.457 e. The molecule has 7 heteroatoms. The lowest BCUT2D eigenvalue weighted by molar-refractivity contribution is -0.384. The van der Waals surface area contributed by atoms with Crippen molar-refractivity contribution in [2.24, 2.45) is 5.84 Å². The summed E-state index contributed by atoms with van der Waals surface area (Å²) < 4.78 is 5.63. The van der Waals surface area contributed by atoms with Crippen molar-refractivity contribution in [3.8, 4) is 11.5 Å². The molecule has 0 atom stereocenters. The van der Waals surface area contributed by atoms with Gasteiger partial charge in [0, 0.05) is 24.4 Å². The summed E-state index contributed by atoms with van der Waals surface area (Å²) in [7, 11) is 0. The van der Waals surface area contributed by atoms with E-state index >= 15 is 0 Å². The number of pyridine rings is 1. The van der Waals surface area contributed by atoms with Crippen LogP contribution in [0.15, 0.2) is 36.5 Å². The van der Waals surface area contributed by atoms with E-state index in [4.69, 9.17) is 10.6 Å². The lowest BCUT2D eigenvalue weighted by Crippen LogP contribution is -2.08. The van der Waals surface area contributed by atoms with Gasteiger partial charge >= 0.3 is 0 Å². The standard InChI is InChI=1S/C12H12N4O3/c1-8-6-9(16(17)18)2-3-11(8)19-10-4-5-14-12(7-10)15-13/h2-7H,13H2,1H3,(H,14,15). The molecule has 0 fully saturated rings. The van der Waals surface area contributed by atoms with E-state index in [1.165, 1.54) is 12.1 Å². The molecule has 1 heterocycles. The fourth-order valence-corrected chi connectivity index (χ4v) is 1.54. The number of aryl methyl sites for hydroxylation is 1. The van der Waals surface area contributed by atoms with Gasteiger partial charge in [-0.25, -0.2) is 10.8 Å². The molecule has 0 bridgehead atoms. The number of aromatic nitrogens is 1. The van der Waals surface area contributed by atoms with E-state index in [0.29, 0.717) is 22.9 Å². The molecule has 19 heavy (non-hydrogen) atoms. The molecule has 0 amide bonds. The largest absolute Gasteiger partial charge is 0.457 e. The molecule has 0 saturated heterocycles. The predicted octanol–water partition coefficient (Wildman–Crippen LogP) is 2.38. The Kier molecular flexibility index (Phi) is 3.58. The lowest BCUT2D eigenvalue weighted by atomic mass is 10.2. The average molecular weight is 260 g/mol. The molecule has 3 N–H and O–H groups in total. The molecule has 0 aliphatic rings. The number of nitro groups is 1. The number of rotatable bonds is 4. The second kappa shape index (κ2) is 5.32. The van der Waals surface area contributed by atoms with Gasteiger partial charge in [0.2, 0.25) is 0 Å². The van der Waals surface area contributed by atoms with E-state index in [-0.39, 0.29) is 5.69 Å². The molecule has 0 saturated carbocycles. The summed E-state index contributed by atoms with van der Waals surface area (Å²) in [5.41, 5.74) is 3.12. The maximum atomic E-state index is 10.6. The minimum absolute atomic E-state index is 0.0314. The second-order valence-electron chi connectivity index (χ2n) is 3.83. The van der Waals surface area contributed by atoms with Crippen molar-refractivity contribution in [3.63, 3.8) is 0 Å². The van der Waals surface area contributed by atoms with Crippen LogP contribution in [0.2, 0.25) is 0 Å². The van der Waals surface area contributed by atoms with Crippen molar-refractivity contribution in [3.05, 3.63) is 52.2 Å². The van der Waals surface area contributed by atoms with Crippen LogP contribution in [0.1, 0.15) is 5.56 Å². The second-order valence-corrected chi connectivity index (χ2v) is 3.83. The molecular formula is C12H12N4O3. The minimum atomic E-state index is -0.445. The highest BCUT2D eigenvalue weighted by Gasteiger charge is 2.09. The summed E-state index contributed by atoms with van der Waals surface area (Å²) in [6.07, 6.45) is 1.55. The first-order valence-corrected chi connectivity index (χ1v) is 5.45. The van der Waals surface area contributed by atoms with Gasteiger partial charge < -0.3 is 10.2 Å². The van der Waals surface area contributed by atoms with Gasteiger partial charge in [-0.1, -0.05) is 0 Å². The quantitative estimate of drug-likeness (QED) is 0.497. The highest BCUT2D eigenvalue weighted by Crippen LogP contribution is 2.28. The van der Waals surface area contributed by atoms with Crippen molar-refractivity contribution < 1.29 is 9.66 Å². The molecular weight excluding hydrogens is 248 g/mol. The van der Waals surface area contributed by atoms with E-state index in [9.17, 15) is 10.1 Å². The van der Waals surface area contributed by atoms with Gasteiger partial charge in [0.15, 0.2) is 0 Å². The summed E-state index contributed by atoms with van der Waals surface area (Å²) in [6, 6.07) is 7.70. The van der Waals surface area contributed by atoms with Crippen molar-refractivity contribution in [2.75, 3.05) is 5.43 Å². The third-order valence-electron chi connectivity index (χ3n) is 2.48. The number of anilines is 1. The monoisotopic (exact) mass is 260 g/mol. The highest BCUT2D eigenvalue weighted by molar-refractivity contribution is 5.46. The fraction of sp³-hybridized carbons (Fsp3) is 0.0833. The van der Waals surface area contributed by atoms with Gasteiger partial charge in [-0.05, 0) is 24.6 Å². The van der Waals surface area contributed by atoms with Crippen LogP contribution in [0.4, 0.5) is 11.5 Å². The predicted molar refractivity (Wildman–Crippen MR) is 70.0 cm³/mol. The topological polar surface area (TPSA) is 103 Å². The van der Waals surface area contributed by atoms with Crippen LogP contribution in [0.25, 0.3) is 0 Å². The van der Waals surface area contributed by atoms with Crippen molar-refractivity contribution in [1.82, 2.24) is 4.98 Å². The Balaban J connectivity index is 2.25. The van der Waals surface area contributed by atoms with Gasteiger partial charge in [-0.15, -0.1) is 0 Å². The third-order valence-corrected chi connectivity index (χ3v) is 2.48. The number of hydrazine groups is 1. The van der Waals surface area contributed by atoms with Gasteiger partial charge in [-0.2, -0.15) is 0 Å². The Morgan fingerprint density at radius 1 is 1.37 bits per heavy atom. The van der Waals surface area contributed by atoms with Crippen molar-refractivity contribution in [2.45, 2.75) is 6.92 Å². The number of ether oxygens (including phenoxy) is 1. The summed E-state index contributed by atoms with van der Waals surface area (Å²) in [5, 5.41) is 10.6. The first-order valence-electron chi connectivity index (χ1n) is 5.45. The molecule has 7 nitrogen and oxygen atoms in total. The third kappa shape index (κ3) is 2.96. The molecule has 2 aromatic rings. The lowest BCUT2D eigenvalue weighted by Gasteiger charge is -2.09. The summed E-state index contributed by atoms with van der Waals surface area (Å²) in [5.74, 6) is 6.80. The fourth-order valence-electron chi connectivity index (χ4n) is 1.54. The Bertz CT molecular complexity index is 616. The van der Waals surface area contributed by atoms with Crippen LogP contribution in [-0.2, 0) is 0 Å². The van der Waals surface area contributed by atoms with E-state index in [1.54, 1.807) is 31.3 Å². The number of nitrogens with zero attached hydrogens (tertiary/aromatic N) is 2. The SMILES string of the molecule is Cc1cc([N+](=O)[O-])ccc1Oc1ccnc(NN)c1. The average Bonchev–Trinajstić information content (AvgIpc) is 2.41. The Labute approximate surface area is 109 Å². The van der Waals surface area contributed by atoms with Gasteiger partial charge in [0.25, 0.3) is 5.69 Å². The van der Waals surface area contributed by atoms with Crippen LogP contribution in [0.5, 0.6) is 11.5 Å². The van der Waals surface area contributed by atoms with E-state index in [1.807, 2.05) is 0 Å². The zero-order valence-electron chi connectivity index (χ0n) is 10.2. The molecule has 0 unspecified atom stereocenters. The molecule has 1 aromatic heterocycles. The zero-order valence-corrected chi connectivity index (χ0v) is 10.2. The molecule has 98 valence electrons. The van der Waals surface area contributed by atoms with Crippen LogP contribution >= 0.6 is 0 Å². The number of nitro benzene ring substituents is 1. The molecule has 0 spiro atoms. The Morgan fingerprint density at radius 2 is 2.16 bits per heavy atom. The summed E-state index contributed by atoms with van der Waals surface area (Å²) >= 11 is 0. The number of hydrogen-bond donors (Lipinski definition) is 2.